The summed E-state index contributed by atoms with van der Waals surface area (Å²) in [6, 6.07) is 10.1. The van der Waals surface area contributed by atoms with Gasteiger partial charge in [0.05, 0.1) is 15.8 Å². The van der Waals surface area contributed by atoms with Crippen LogP contribution in [0, 0.1) is 6.92 Å². The number of aromatic nitrogens is 4. The number of aromatic amines is 1. The lowest BCUT2D eigenvalue weighted by molar-refractivity contribution is 1.10. The minimum atomic E-state index is 0.782. The number of rotatable bonds is 2. The number of aryl methyl sites for hydroxylation is 1. The van der Waals surface area contributed by atoms with Crippen LogP contribution in [0.2, 0.25) is 0 Å². The molecule has 0 spiro atoms. The summed E-state index contributed by atoms with van der Waals surface area (Å²) in [5.74, 6) is 0.786. The molecule has 3 heterocycles. The third-order valence-corrected chi connectivity index (χ3v) is 4.15. The van der Waals surface area contributed by atoms with Crippen LogP contribution in [0.15, 0.2) is 36.5 Å². The van der Waals surface area contributed by atoms with Gasteiger partial charge in [0.2, 0.25) is 0 Å². The molecule has 4 aromatic rings. The van der Waals surface area contributed by atoms with Crippen LogP contribution in [0.3, 0.4) is 0 Å². The highest BCUT2D eigenvalue weighted by Crippen LogP contribution is 2.28. The van der Waals surface area contributed by atoms with Crippen LogP contribution in [0.25, 0.3) is 21.1 Å². The lowest BCUT2D eigenvalue weighted by Gasteiger charge is -2.03. The average molecular weight is 281 g/mol. The summed E-state index contributed by atoms with van der Waals surface area (Å²) in [4.78, 5) is 4.23. The maximum absolute atomic E-state index is 4.37. The van der Waals surface area contributed by atoms with Crippen molar-refractivity contribution in [1.29, 1.82) is 0 Å². The third-order valence-electron chi connectivity index (χ3n) is 3.25. The van der Waals surface area contributed by atoms with E-state index in [0.717, 1.165) is 28.2 Å². The third kappa shape index (κ3) is 1.73. The molecule has 2 N–H and O–H groups in total. The van der Waals surface area contributed by atoms with Gasteiger partial charge in [-0.25, -0.2) is 4.98 Å². The maximum Gasteiger partial charge on any atom is 0.161 e. The highest BCUT2D eigenvalue weighted by Gasteiger charge is 2.07. The Morgan fingerprint density at radius 3 is 3.10 bits per heavy atom. The molecule has 4 rings (SSSR count). The summed E-state index contributed by atoms with van der Waals surface area (Å²) < 4.78 is 5.54. The van der Waals surface area contributed by atoms with Crippen LogP contribution < -0.4 is 5.32 Å². The molecule has 0 unspecified atom stereocenters. The molecule has 0 aliphatic heterocycles. The van der Waals surface area contributed by atoms with Gasteiger partial charge < -0.3 is 5.32 Å². The average Bonchev–Trinajstić information content (AvgIpc) is 3.04. The van der Waals surface area contributed by atoms with E-state index in [9.17, 15) is 0 Å². The SMILES string of the molecule is Cc1nsc2cc(Nc3n[nH]c4ncccc34)ccc12. The summed E-state index contributed by atoms with van der Waals surface area (Å²) in [5, 5.41) is 12.7. The second-order valence-corrected chi connectivity index (χ2v) is 5.38. The first-order valence-corrected chi connectivity index (χ1v) is 7.01. The van der Waals surface area contributed by atoms with Crippen molar-refractivity contribution in [2.24, 2.45) is 0 Å². The molecule has 0 aliphatic carbocycles. The maximum atomic E-state index is 4.37. The Morgan fingerprint density at radius 1 is 1.20 bits per heavy atom. The Hall–Kier alpha value is -2.47. The van der Waals surface area contributed by atoms with E-state index in [-0.39, 0.29) is 0 Å². The second-order valence-electron chi connectivity index (χ2n) is 4.58. The van der Waals surface area contributed by atoms with E-state index in [1.54, 1.807) is 6.20 Å². The van der Waals surface area contributed by atoms with Crippen molar-refractivity contribution >= 4 is 44.2 Å². The van der Waals surface area contributed by atoms with Gasteiger partial charge in [0.25, 0.3) is 0 Å². The van der Waals surface area contributed by atoms with E-state index < -0.39 is 0 Å². The normalized spacial score (nSPS) is 11.2. The molecule has 6 heteroatoms. The van der Waals surface area contributed by atoms with Gasteiger partial charge in [0.15, 0.2) is 11.5 Å². The molecule has 1 aromatic carbocycles. The largest absolute Gasteiger partial charge is 0.338 e. The first-order chi connectivity index (χ1) is 9.81. The molecule has 98 valence electrons. The molecular weight excluding hydrogens is 270 g/mol. The zero-order chi connectivity index (χ0) is 13.5. The summed E-state index contributed by atoms with van der Waals surface area (Å²) in [6.07, 6.45) is 1.75. The lowest BCUT2D eigenvalue weighted by Crippen LogP contribution is -1.90. The number of H-pyrrole nitrogens is 1. The second kappa shape index (κ2) is 4.28. The van der Waals surface area contributed by atoms with Crippen molar-refractivity contribution in [2.45, 2.75) is 6.92 Å². The van der Waals surface area contributed by atoms with Crippen LogP contribution in [0.4, 0.5) is 11.5 Å². The molecule has 0 bridgehead atoms. The van der Waals surface area contributed by atoms with E-state index in [0.29, 0.717) is 0 Å². The number of anilines is 2. The van der Waals surface area contributed by atoms with Crippen molar-refractivity contribution < 1.29 is 0 Å². The Morgan fingerprint density at radius 2 is 2.15 bits per heavy atom. The van der Waals surface area contributed by atoms with Crippen molar-refractivity contribution in [3.05, 3.63) is 42.2 Å². The smallest absolute Gasteiger partial charge is 0.161 e. The molecule has 0 aliphatic rings. The summed E-state index contributed by atoms with van der Waals surface area (Å²) >= 11 is 1.51. The Bertz CT molecular complexity index is 908. The molecule has 0 amide bonds. The minimum absolute atomic E-state index is 0.782. The fourth-order valence-electron chi connectivity index (χ4n) is 2.23. The van der Waals surface area contributed by atoms with Gasteiger partial charge in [-0.15, -0.1) is 0 Å². The van der Waals surface area contributed by atoms with Gasteiger partial charge in [-0.2, -0.15) is 9.47 Å². The number of nitrogens with one attached hydrogen (secondary N) is 2. The number of fused-ring (bicyclic) bond motifs is 2. The molecular formula is C14H11N5S. The monoisotopic (exact) mass is 281 g/mol. The Kier molecular flexibility index (Phi) is 2.43. The zero-order valence-electron chi connectivity index (χ0n) is 10.7. The predicted molar refractivity (Wildman–Crippen MR) is 81.5 cm³/mol. The molecule has 0 saturated heterocycles. The van der Waals surface area contributed by atoms with Gasteiger partial charge in [-0.3, -0.25) is 5.10 Å². The zero-order valence-corrected chi connectivity index (χ0v) is 11.5. The van der Waals surface area contributed by atoms with Gasteiger partial charge >= 0.3 is 0 Å². The van der Waals surface area contributed by atoms with E-state index in [2.05, 4.69) is 37.0 Å². The van der Waals surface area contributed by atoms with Gasteiger partial charge in [0, 0.05) is 17.3 Å². The first-order valence-electron chi connectivity index (χ1n) is 6.23. The number of nitrogens with zero attached hydrogens (tertiary/aromatic N) is 3. The molecule has 20 heavy (non-hydrogen) atoms. The van der Waals surface area contributed by atoms with Crippen molar-refractivity contribution in [3.8, 4) is 0 Å². The number of hydrogen-bond donors (Lipinski definition) is 2. The fourth-order valence-corrected chi connectivity index (χ4v) is 3.06. The predicted octanol–water partition coefficient (Wildman–Crippen LogP) is 3.62. The highest BCUT2D eigenvalue weighted by atomic mass is 32.1. The van der Waals surface area contributed by atoms with Crippen LogP contribution in [0.1, 0.15) is 5.69 Å². The molecule has 0 atom stereocenters. The quantitative estimate of drug-likeness (QED) is 0.589. The number of pyridine rings is 1. The standard InChI is InChI=1S/C14H11N5S/c1-8-10-5-4-9(7-12(10)20-19-8)16-14-11-3-2-6-15-13(11)17-18-14/h2-7H,1H3,(H2,15,16,17,18). The number of benzene rings is 1. The lowest BCUT2D eigenvalue weighted by atomic mass is 10.2. The van der Waals surface area contributed by atoms with E-state index in [1.807, 2.05) is 25.1 Å². The summed E-state index contributed by atoms with van der Waals surface area (Å²) in [5.41, 5.74) is 2.86. The van der Waals surface area contributed by atoms with E-state index in [4.69, 9.17) is 0 Å². The fraction of sp³-hybridized carbons (Fsp3) is 0.0714. The van der Waals surface area contributed by atoms with Crippen molar-refractivity contribution in [1.82, 2.24) is 19.6 Å². The van der Waals surface area contributed by atoms with Crippen molar-refractivity contribution in [2.75, 3.05) is 5.32 Å². The van der Waals surface area contributed by atoms with Crippen LogP contribution >= 0.6 is 11.5 Å². The Labute approximate surface area is 118 Å². The summed E-state index contributed by atoms with van der Waals surface area (Å²) in [6.45, 7) is 2.03. The van der Waals surface area contributed by atoms with E-state index in [1.165, 1.54) is 21.6 Å². The van der Waals surface area contributed by atoms with Gasteiger partial charge in [-0.05, 0) is 48.8 Å². The topological polar surface area (TPSA) is 66.5 Å². The van der Waals surface area contributed by atoms with E-state index >= 15 is 0 Å². The molecule has 3 aromatic heterocycles. The molecule has 0 fully saturated rings. The van der Waals surface area contributed by atoms with Crippen LogP contribution in [0.5, 0.6) is 0 Å². The first kappa shape index (κ1) is 11.4. The highest BCUT2D eigenvalue weighted by molar-refractivity contribution is 7.13. The van der Waals surface area contributed by atoms with Gasteiger partial charge in [0.1, 0.15) is 0 Å². The number of hydrogen-bond acceptors (Lipinski definition) is 5. The minimum Gasteiger partial charge on any atom is -0.338 e. The van der Waals surface area contributed by atoms with Crippen LogP contribution in [-0.4, -0.2) is 19.6 Å². The van der Waals surface area contributed by atoms with Crippen molar-refractivity contribution in [3.63, 3.8) is 0 Å². The summed E-state index contributed by atoms with van der Waals surface area (Å²) in [7, 11) is 0. The Balaban J connectivity index is 1.76. The van der Waals surface area contributed by atoms with Gasteiger partial charge in [-0.1, -0.05) is 0 Å². The molecule has 0 radical (unpaired) electrons. The van der Waals surface area contributed by atoms with Crippen LogP contribution in [-0.2, 0) is 0 Å². The molecule has 0 saturated carbocycles. The molecule has 5 nitrogen and oxygen atoms in total.